The minimum atomic E-state index is -0.166. The number of aryl methyl sites for hydroxylation is 1. The molecule has 106 valence electrons. The van der Waals surface area contributed by atoms with Gasteiger partial charge in [-0.05, 0) is 26.0 Å². The molecule has 0 aliphatic carbocycles. The maximum Gasteiger partial charge on any atom is 0.250 e. The van der Waals surface area contributed by atoms with Crippen LogP contribution in [0.15, 0.2) is 30.6 Å². The molecule has 0 saturated heterocycles. The van der Waals surface area contributed by atoms with Crippen molar-refractivity contribution >= 4 is 11.6 Å². The Kier molecular flexibility index (Phi) is 4.84. The van der Waals surface area contributed by atoms with Gasteiger partial charge in [0.05, 0.1) is 0 Å². The van der Waals surface area contributed by atoms with Crippen LogP contribution in [0.4, 0.5) is 5.69 Å². The van der Waals surface area contributed by atoms with Gasteiger partial charge in [0.15, 0.2) is 5.82 Å². The number of carbonyl (C=O) groups is 1. The minimum Gasteiger partial charge on any atom is -0.372 e. The van der Waals surface area contributed by atoms with Crippen molar-refractivity contribution in [2.24, 2.45) is 0 Å². The Hall–Kier alpha value is -2.21. The first-order chi connectivity index (χ1) is 9.74. The molecule has 1 aromatic carbocycles. The lowest BCUT2D eigenvalue weighted by Crippen LogP contribution is -2.18. The maximum absolute atomic E-state index is 11.6. The molecular weight excluding hydrogens is 256 g/mol. The van der Waals surface area contributed by atoms with Crippen LogP contribution in [0.1, 0.15) is 13.8 Å². The largest absolute Gasteiger partial charge is 0.372 e. The molecule has 1 N–H and O–H groups in total. The number of hydrogen-bond donors (Lipinski definition) is 1. The normalized spacial score (nSPS) is 10.5. The second-order valence-corrected chi connectivity index (χ2v) is 4.21. The average molecular weight is 274 g/mol. The van der Waals surface area contributed by atoms with E-state index in [-0.39, 0.29) is 12.5 Å². The molecule has 0 atom stereocenters. The van der Waals surface area contributed by atoms with Crippen LogP contribution in [0.5, 0.6) is 0 Å². The minimum absolute atomic E-state index is 0.0614. The summed E-state index contributed by atoms with van der Waals surface area (Å²) in [5, 5.41) is 10.8. The number of ether oxygens (including phenoxy) is 1. The molecule has 6 nitrogen and oxygen atoms in total. The lowest BCUT2D eigenvalue weighted by atomic mass is 10.2. The summed E-state index contributed by atoms with van der Waals surface area (Å²) < 4.78 is 7.01. The summed E-state index contributed by atoms with van der Waals surface area (Å²) in [6.07, 6.45) is 1.69. The molecule has 20 heavy (non-hydrogen) atoms. The monoisotopic (exact) mass is 274 g/mol. The third kappa shape index (κ3) is 3.42. The zero-order chi connectivity index (χ0) is 14.4. The highest BCUT2D eigenvalue weighted by Crippen LogP contribution is 2.20. The lowest BCUT2D eigenvalue weighted by Gasteiger charge is -2.08. The summed E-state index contributed by atoms with van der Waals surface area (Å²) in [5.74, 6) is 0.620. The molecule has 2 aromatic rings. The van der Waals surface area contributed by atoms with Gasteiger partial charge in [0.2, 0.25) is 5.91 Å². The fourth-order valence-corrected chi connectivity index (χ4v) is 1.84. The van der Waals surface area contributed by atoms with Gasteiger partial charge < -0.3 is 14.6 Å². The summed E-state index contributed by atoms with van der Waals surface area (Å²) in [4.78, 5) is 11.6. The van der Waals surface area contributed by atoms with E-state index in [0.29, 0.717) is 6.61 Å². The van der Waals surface area contributed by atoms with E-state index in [9.17, 15) is 4.79 Å². The van der Waals surface area contributed by atoms with Gasteiger partial charge in [-0.1, -0.05) is 12.1 Å². The van der Waals surface area contributed by atoms with E-state index < -0.39 is 0 Å². The number of hydrogen-bond acceptors (Lipinski definition) is 4. The van der Waals surface area contributed by atoms with E-state index in [1.165, 1.54) is 0 Å². The summed E-state index contributed by atoms with van der Waals surface area (Å²) in [6.45, 7) is 5.26. The zero-order valence-corrected chi connectivity index (χ0v) is 11.7. The van der Waals surface area contributed by atoms with E-state index in [1.807, 2.05) is 42.7 Å². The Bertz CT molecular complexity index is 580. The van der Waals surface area contributed by atoms with Gasteiger partial charge in [0.1, 0.15) is 12.9 Å². The molecule has 0 unspecified atom stereocenters. The van der Waals surface area contributed by atoms with Crippen LogP contribution in [0.3, 0.4) is 0 Å². The number of nitrogens with one attached hydrogen (secondary N) is 1. The van der Waals surface area contributed by atoms with E-state index in [1.54, 1.807) is 6.33 Å². The van der Waals surface area contributed by atoms with Crippen molar-refractivity contribution in [2.45, 2.75) is 20.4 Å². The molecule has 0 saturated carbocycles. The molecular formula is C14H18N4O2. The highest BCUT2D eigenvalue weighted by Gasteiger charge is 2.08. The number of amides is 1. The fourth-order valence-electron chi connectivity index (χ4n) is 1.84. The second-order valence-electron chi connectivity index (χ2n) is 4.21. The van der Waals surface area contributed by atoms with Crippen molar-refractivity contribution in [2.75, 3.05) is 18.5 Å². The van der Waals surface area contributed by atoms with E-state index in [0.717, 1.165) is 23.6 Å². The summed E-state index contributed by atoms with van der Waals surface area (Å²) in [7, 11) is 0. The average Bonchev–Trinajstić information content (AvgIpc) is 2.94. The molecule has 2 rings (SSSR count). The van der Waals surface area contributed by atoms with Crippen molar-refractivity contribution in [3.8, 4) is 11.4 Å². The van der Waals surface area contributed by atoms with Gasteiger partial charge in [-0.2, -0.15) is 0 Å². The predicted octanol–water partition coefficient (Wildman–Crippen LogP) is 1.94. The van der Waals surface area contributed by atoms with Crippen LogP contribution < -0.4 is 5.32 Å². The summed E-state index contributed by atoms with van der Waals surface area (Å²) in [6, 6.07) is 7.52. The van der Waals surface area contributed by atoms with Gasteiger partial charge in [0.25, 0.3) is 0 Å². The van der Waals surface area contributed by atoms with Crippen LogP contribution in [0, 0.1) is 0 Å². The van der Waals surface area contributed by atoms with Gasteiger partial charge in [-0.15, -0.1) is 10.2 Å². The Morgan fingerprint density at radius 1 is 1.40 bits per heavy atom. The predicted molar refractivity (Wildman–Crippen MR) is 76.3 cm³/mol. The molecule has 0 fully saturated rings. The number of benzene rings is 1. The molecule has 1 aromatic heterocycles. The number of rotatable bonds is 6. The SMILES string of the molecule is CCOCC(=O)Nc1cccc(-c2nncn2CC)c1. The van der Waals surface area contributed by atoms with Crippen LogP contribution in [-0.4, -0.2) is 33.9 Å². The van der Waals surface area contributed by atoms with Gasteiger partial charge in [-0.25, -0.2) is 0 Å². The smallest absolute Gasteiger partial charge is 0.250 e. The first kappa shape index (κ1) is 14.2. The van der Waals surface area contributed by atoms with Gasteiger partial charge in [-0.3, -0.25) is 4.79 Å². The molecule has 0 spiro atoms. The van der Waals surface area contributed by atoms with E-state index in [2.05, 4.69) is 15.5 Å². The lowest BCUT2D eigenvalue weighted by molar-refractivity contribution is -0.120. The second kappa shape index (κ2) is 6.81. The van der Waals surface area contributed by atoms with Crippen molar-refractivity contribution in [1.29, 1.82) is 0 Å². The van der Waals surface area contributed by atoms with Crippen molar-refractivity contribution in [3.63, 3.8) is 0 Å². The number of carbonyl (C=O) groups excluding carboxylic acids is 1. The van der Waals surface area contributed by atoms with Crippen molar-refractivity contribution in [3.05, 3.63) is 30.6 Å². The van der Waals surface area contributed by atoms with Crippen LogP contribution in [-0.2, 0) is 16.1 Å². The fraction of sp³-hybridized carbons (Fsp3) is 0.357. The van der Waals surface area contributed by atoms with Gasteiger partial charge in [0, 0.05) is 24.4 Å². The standard InChI is InChI=1S/C14H18N4O2/c1-3-18-10-15-17-14(18)11-6-5-7-12(8-11)16-13(19)9-20-4-2/h5-8,10H,3-4,9H2,1-2H3,(H,16,19). The highest BCUT2D eigenvalue weighted by atomic mass is 16.5. The zero-order valence-electron chi connectivity index (χ0n) is 11.7. The summed E-state index contributed by atoms with van der Waals surface area (Å²) >= 11 is 0. The van der Waals surface area contributed by atoms with Crippen LogP contribution >= 0.6 is 0 Å². The van der Waals surface area contributed by atoms with Crippen LogP contribution in [0.25, 0.3) is 11.4 Å². The molecule has 0 radical (unpaired) electrons. The number of nitrogens with zero attached hydrogens (tertiary/aromatic N) is 3. The Morgan fingerprint density at radius 2 is 2.25 bits per heavy atom. The molecule has 1 amide bonds. The quantitative estimate of drug-likeness (QED) is 0.874. The summed E-state index contributed by atoms with van der Waals surface area (Å²) in [5.41, 5.74) is 1.64. The third-order valence-electron chi connectivity index (χ3n) is 2.80. The molecule has 1 heterocycles. The van der Waals surface area contributed by atoms with E-state index >= 15 is 0 Å². The van der Waals surface area contributed by atoms with Gasteiger partial charge >= 0.3 is 0 Å². The Morgan fingerprint density at radius 3 is 3.00 bits per heavy atom. The molecule has 0 bridgehead atoms. The maximum atomic E-state index is 11.6. The highest BCUT2D eigenvalue weighted by molar-refractivity contribution is 5.92. The Labute approximate surface area is 117 Å². The molecule has 0 aliphatic heterocycles. The third-order valence-corrected chi connectivity index (χ3v) is 2.80. The topological polar surface area (TPSA) is 69.0 Å². The Balaban J connectivity index is 2.14. The molecule has 6 heteroatoms. The number of aromatic nitrogens is 3. The first-order valence-electron chi connectivity index (χ1n) is 6.60. The van der Waals surface area contributed by atoms with E-state index in [4.69, 9.17) is 4.74 Å². The number of anilines is 1. The molecule has 0 aliphatic rings. The first-order valence-corrected chi connectivity index (χ1v) is 6.60. The van der Waals surface area contributed by atoms with Crippen molar-refractivity contribution < 1.29 is 9.53 Å². The van der Waals surface area contributed by atoms with Crippen molar-refractivity contribution in [1.82, 2.24) is 14.8 Å². The van der Waals surface area contributed by atoms with Crippen LogP contribution in [0.2, 0.25) is 0 Å².